The van der Waals surface area contributed by atoms with Gasteiger partial charge in [0.25, 0.3) is 0 Å². The number of hydrogen-bond donors (Lipinski definition) is 1. The van der Waals surface area contributed by atoms with Crippen LogP contribution >= 0.6 is 0 Å². The first-order chi connectivity index (χ1) is 8.29. The molecule has 1 heterocycles. The molecule has 0 saturated carbocycles. The summed E-state index contributed by atoms with van der Waals surface area (Å²) in [5, 5.41) is 0. The van der Waals surface area contributed by atoms with Crippen molar-refractivity contribution in [1.82, 2.24) is 4.90 Å². The molecule has 0 unspecified atom stereocenters. The summed E-state index contributed by atoms with van der Waals surface area (Å²) in [5.41, 5.74) is 4.94. The van der Waals surface area contributed by atoms with Crippen molar-refractivity contribution >= 4 is 5.91 Å². The zero-order chi connectivity index (χ0) is 12.3. The smallest absolute Gasteiger partial charge is 0.243 e. The number of rotatable bonds is 9. The van der Waals surface area contributed by atoms with Crippen LogP contribution in [0.5, 0.6) is 0 Å². The van der Waals surface area contributed by atoms with Crippen LogP contribution < -0.4 is 5.73 Å². The van der Waals surface area contributed by atoms with Crippen molar-refractivity contribution < 1.29 is 14.3 Å². The Kier molecular flexibility index (Phi) is 7.96. The highest BCUT2D eigenvalue weighted by Crippen LogP contribution is 2.07. The molecular formula is C12H24N2O3. The molecule has 0 aromatic rings. The van der Waals surface area contributed by atoms with Crippen molar-refractivity contribution in [1.29, 1.82) is 0 Å². The van der Waals surface area contributed by atoms with Crippen molar-refractivity contribution in [2.45, 2.75) is 25.7 Å². The standard InChI is InChI=1S/C12H24N2O3/c13-12(15)11-17-9-4-8-16-10-7-14-5-2-1-3-6-14/h1-11H2,(H2,13,15). The van der Waals surface area contributed by atoms with Gasteiger partial charge in [-0.3, -0.25) is 4.79 Å². The van der Waals surface area contributed by atoms with Gasteiger partial charge in [-0.15, -0.1) is 0 Å². The third-order valence-electron chi connectivity index (χ3n) is 2.82. The zero-order valence-electron chi connectivity index (χ0n) is 10.5. The molecule has 0 aliphatic carbocycles. The lowest BCUT2D eigenvalue weighted by Gasteiger charge is -2.26. The van der Waals surface area contributed by atoms with Gasteiger partial charge in [-0.05, 0) is 32.4 Å². The second kappa shape index (κ2) is 9.39. The molecule has 100 valence electrons. The fraction of sp³-hybridized carbons (Fsp3) is 0.917. The molecule has 1 fully saturated rings. The molecule has 2 N–H and O–H groups in total. The normalized spacial score (nSPS) is 17.2. The summed E-state index contributed by atoms with van der Waals surface area (Å²) in [5.74, 6) is -0.420. The number of amides is 1. The van der Waals surface area contributed by atoms with Gasteiger partial charge in [-0.1, -0.05) is 6.42 Å². The zero-order valence-corrected chi connectivity index (χ0v) is 10.5. The Balaban J connectivity index is 1.79. The van der Waals surface area contributed by atoms with Crippen LogP contribution in [0.3, 0.4) is 0 Å². The number of primary amides is 1. The summed E-state index contributed by atoms with van der Waals surface area (Å²) in [6.45, 7) is 5.47. The lowest BCUT2D eigenvalue weighted by atomic mass is 10.1. The van der Waals surface area contributed by atoms with E-state index in [4.69, 9.17) is 15.2 Å². The highest BCUT2D eigenvalue weighted by Gasteiger charge is 2.08. The lowest BCUT2D eigenvalue weighted by molar-refractivity contribution is -0.122. The number of ether oxygens (including phenoxy) is 2. The van der Waals surface area contributed by atoms with E-state index in [0.717, 1.165) is 19.6 Å². The topological polar surface area (TPSA) is 64.8 Å². The second-order valence-electron chi connectivity index (χ2n) is 4.39. The largest absolute Gasteiger partial charge is 0.380 e. The minimum absolute atomic E-state index is 0.00772. The third kappa shape index (κ3) is 8.12. The van der Waals surface area contributed by atoms with E-state index in [-0.39, 0.29) is 6.61 Å². The Bertz CT molecular complexity index is 206. The average molecular weight is 244 g/mol. The van der Waals surface area contributed by atoms with Crippen molar-refractivity contribution in [3.05, 3.63) is 0 Å². The van der Waals surface area contributed by atoms with Gasteiger partial charge in [0, 0.05) is 19.8 Å². The Morgan fingerprint density at radius 2 is 1.76 bits per heavy atom. The minimum atomic E-state index is -0.420. The molecular weight excluding hydrogens is 220 g/mol. The van der Waals surface area contributed by atoms with E-state index in [2.05, 4.69) is 4.90 Å². The van der Waals surface area contributed by atoms with Gasteiger partial charge in [-0.2, -0.15) is 0 Å². The highest BCUT2D eigenvalue weighted by molar-refractivity contribution is 5.74. The Morgan fingerprint density at radius 3 is 2.47 bits per heavy atom. The maximum absolute atomic E-state index is 10.4. The maximum atomic E-state index is 10.4. The minimum Gasteiger partial charge on any atom is -0.380 e. The highest BCUT2D eigenvalue weighted by atomic mass is 16.5. The van der Waals surface area contributed by atoms with Crippen LogP contribution in [0.2, 0.25) is 0 Å². The van der Waals surface area contributed by atoms with Gasteiger partial charge in [0.15, 0.2) is 0 Å². The van der Waals surface area contributed by atoms with E-state index in [1.807, 2.05) is 0 Å². The van der Waals surface area contributed by atoms with Crippen molar-refractivity contribution in [2.24, 2.45) is 5.73 Å². The molecule has 17 heavy (non-hydrogen) atoms. The molecule has 0 aromatic carbocycles. The fourth-order valence-corrected chi connectivity index (χ4v) is 1.91. The first kappa shape index (κ1) is 14.4. The average Bonchev–Trinajstić information content (AvgIpc) is 2.33. The summed E-state index contributed by atoms with van der Waals surface area (Å²) >= 11 is 0. The Hall–Kier alpha value is -0.650. The summed E-state index contributed by atoms with van der Waals surface area (Å²) in [4.78, 5) is 12.8. The van der Waals surface area contributed by atoms with Gasteiger partial charge in [0.1, 0.15) is 6.61 Å². The predicted molar refractivity (Wildman–Crippen MR) is 65.7 cm³/mol. The van der Waals surface area contributed by atoms with E-state index in [9.17, 15) is 4.79 Å². The van der Waals surface area contributed by atoms with E-state index in [0.29, 0.717) is 13.2 Å². The SMILES string of the molecule is NC(=O)COCCCOCCN1CCCCC1. The quantitative estimate of drug-likeness (QED) is 0.596. The van der Waals surface area contributed by atoms with E-state index < -0.39 is 5.91 Å². The summed E-state index contributed by atoms with van der Waals surface area (Å²) in [6.07, 6.45) is 4.82. The summed E-state index contributed by atoms with van der Waals surface area (Å²) < 4.78 is 10.5. The van der Waals surface area contributed by atoms with Gasteiger partial charge < -0.3 is 20.1 Å². The first-order valence-corrected chi connectivity index (χ1v) is 6.45. The molecule has 0 spiro atoms. The molecule has 5 heteroatoms. The maximum Gasteiger partial charge on any atom is 0.243 e. The molecule has 1 amide bonds. The van der Waals surface area contributed by atoms with E-state index in [1.165, 1.54) is 32.4 Å². The number of nitrogens with two attached hydrogens (primary N) is 1. The van der Waals surface area contributed by atoms with Crippen LogP contribution in [0.25, 0.3) is 0 Å². The fourth-order valence-electron chi connectivity index (χ4n) is 1.91. The molecule has 0 atom stereocenters. The molecule has 1 aliphatic rings. The molecule has 1 saturated heterocycles. The lowest BCUT2D eigenvalue weighted by Crippen LogP contribution is -2.32. The molecule has 5 nitrogen and oxygen atoms in total. The molecule has 0 aromatic heterocycles. The first-order valence-electron chi connectivity index (χ1n) is 6.45. The number of carbonyl (C=O) groups excluding carboxylic acids is 1. The number of nitrogens with zero attached hydrogens (tertiary/aromatic N) is 1. The number of piperidine rings is 1. The van der Waals surface area contributed by atoms with Gasteiger partial charge in [0.2, 0.25) is 5.91 Å². The number of carbonyl (C=O) groups is 1. The molecule has 0 radical (unpaired) electrons. The van der Waals surface area contributed by atoms with Crippen molar-refractivity contribution in [2.75, 3.05) is 46.1 Å². The van der Waals surface area contributed by atoms with E-state index >= 15 is 0 Å². The second-order valence-corrected chi connectivity index (χ2v) is 4.39. The molecule has 1 rings (SSSR count). The van der Waals surface area contributed by atoms with Crippen molar-refractivity contribution in [3.8, 4) is 0 Å². The third-order valence-corrected chi connectivity index (χ3v) is 2.82. The Morgan fingerprint density at radius 1 is 1.06 bits per heavy atom. The Labute approximate surface area is 103 Å². The van der Waals surface area contributed by atoms with Crippen LogP contribution in [0.1, 0.15) is 25.7 Å². The van der Waals surface area contributed by atoms with Crippen LogP contribution in [-0.4, -0.2) is 56.9 Å². The van der Waals surface area contributed by atoms with Crippen LogP contribution in [0, 0.1) is 0 Å². The molecule has 0 bridgehead atoms. The molecule has 1 aliphatic heterocycles. The van der Waals surface area contributed by atoms with Gasteiger partial charge in [-0.25, -0.2) is 0 Å². The van der Waals surface area contributed by atoms with Gasteiger partial charge in [0.05, 0.1) is 6.61 Å². The van der Waals surface area contributed by atoms with Crippen molar-refractivity contribution in [3.63, 3.8) is 0 Å². The van der Waals surface area contributed by atoms with Crippen LogP contribution in [-0.2, 0) is 14.3 Å². The predicted octanol–water partition coefficient (Wildman–Crippen LogP) is 0.381. The van der Waals surface area contributed by atoms with E-state index in [1.54, 1.807) is 0 Å². The van der Waals surface area contributed by atoms with Crippen LogP contribution in [0.15, 0.2) is 0 Å². The number of likely N-dealkylation sites (tertiary alicyclic amines) is 1. The monoisotopic (exact) mass is 244 g/mol. The number of hydrogen-bond acceptors (Lipinski definition) is 4. The summed E-state index contributed by atoms with van der Waals surface area (Å²) in [7, 11) is 0. The van der Waals surface area contributed by atoms with Gasteiger partial charge >= 0.3 is 0 Å². The summed E-state index contributed by atoms with van der Waals surface area (Å²) in [6, 6.07) is 0. The van der Waals surface area contributed by atoms with Crippen LogP contribution in [0.4, 0.5) is 0 Å².